The van der Waals surface area contributed by atoms with Crippen molar-refractivity contribution >= 4 is 39.3 Å². The first-order valence-electron chi connectivity index (χ1n) is 7.98. The van der Waals surface area contributed by atoms with Gasteiger partial charge in [-0.1, -0.05) is 12.1 Å². The molecule has 1 aromatic carbocycles. The Hall–Kier alpha value is -2.59. The van der Waals surface area contributed by atoms with Crippen LogP contribution in [0.2, 0.25) is 0 Å². The van der Waals surface area contributed by atoms with Crippen LogP contribution in [0, 0.1) is 6.92 Å². The molecule has 0 saturated carbocycles. The Morgan fingerprint density at radius 2 is 1.93 bits per heavy atom. The maximum atomic E-state index is 12.8. The second kappa shape index (κ2) is 7.20. The fraction of sp³-hybridized carbons (Fsp3) is 0.235. The zero-order valence-electron chi connectivity index (χ0n) is 15.3. The Morgan fingerprint density at radius 1 is 1.22 bits per heavy atom. The molecule has 1 aliphatic rings. The molecule has 10 heteroatoms. The van der Waals surface area contributed by atoms with Crippen LogP contribution in [0.4, 0.5) is 5.69 Å². The highest BCUT2D eigenvalue weighted by molar-refractivity contribution is 7.98. The van der Waals surface area contributed by atoms with Gasteiger partial charge < -0.3 is 5.32 Å². The van der Waals surface area contributed by atoms with E-state index < -0.39 is 16.1 Å². The number of para-hydroxylation sites is 1. The van der Waals surface area contributed by atoms with Gasteiger partial charge in [-0.3, -0.25) is 9.48 Å². The minimum Gasteiger partial charge on any atom is -0.320 e. The quantitative estimate of drug-likeness (QED) is 0.785. The molecule has 3 rings (SSSR count). The van der Waals surface area contributed by atoms with Crippen LogP contribution in [0.5, 0.6) is 0 Å². The topological polar surface area (TPSA) is 96.7 Å². The Bertz CT molecular complexity index is 1070. The molecular formula is C17H19N5O3S2. The molecule has 1 aliphatic heterocycles. The molecule has 0 unspecified atom stereocenters. The van der Waals surface area contributed by atoms with Crippen LogP contribution in [0.25, 0.3) is 0 Å². The standard InChI is InChI=1S/C17H19N5O3S2/c1-11-12(10-18-21(11)2)14-9-15(22(3)27(24,25)20-14)17(23)19-13-7-5-6-8-16(13)26-4/h5-10H,1-4H3,(H,19,23). The van der Waals surface area contributed by atoms with Crippen LogP contribution in [0.3, 0.4) is 0 Å². The van der Waals surface area contributed by atoms with Crippen molar-refractivity contribution in [1.82, 2.24) is 14.1 Å². The summed E-state index contributed by atoms with van der Waals surface area (Å²) in [7, 11) is -0.966. The molecule has 0 radical (unpaired) electrons. The zero-order valence-corrected chi connectivity index (χ0v) is 16.9. The fourth-order valence-corrected chi connectivity index (χ4v) is 4.04. The van der Waals surface area contributed by atoms with E-state index in [2.05, 4.69) is 14.8 Å². The highest BCUT2D eigenvalue weighted by Gasteiger charge is 2.31. The summed E-state index contributed by atoms with van der Waals surface area (Å²) in [5.41, 5.74) is 2.09. The van der Waals surface area contributed by atoms with Gasteiger partial charge in [-0.05, 0) is 31.4 Å². The summed E-state index contributed by atoms with van der Waals surface area (Å²) in [6.45, 7) is 1.80. The van der Waals surface area contributed by atoms with Gasteiger partial charge >= 0.3 is 10.2 Å². The van der Waals surface area contributed by atoms with E-state index in [-0.39, 0.29) is 11.4 Å². The van der Waals surface area contributed by atoms with Crippen molar-refractivity contribution in [2.45, 2.75) is 11.8 Å². The van der Waals surface area contributed by atoms with Crippen molar-refractivity contribution in [2.24, 2.45) is 11.4 Å². The lowest BCUT2D eigenvalue weighted by Crippen LogP contribution is -2.35. The number of allylic oxidation sites excluding steroid dienone is 1. The number of hydrogen-bond acceptors (Lipinski definition) is 5. The van der Waals surface area contributed by atoms with Crippen molar-refractivity contribution in [3.8, 4) is 0 Å². The van der Waals surface area contributed by atoms with Crippen LogP contribution in [-0.2, 0) is 22.1 Å². The molecular weight excluding hydrogens is 386 g/mol. The van der Waals surface area contributed by atoms with E-state index in [9.17, 15) is 13.2 Å². The van der Waals surface area contributed by atoms with E-state index in [4.69, 9.17) is 0 Å². The number of nitrogens with one attached hydrogen (secondary N) is 1. The van der Waals surface area contributed by atoms with Gasteiger partial charge in [0.15, 0.2) is 0 Å². The number of aromatic nitrogens is 2. The maximum Gasteiger partial charge on any atom is 0.345 e. The summed E-state index contributed by atoms with van der Waals surface area (Å²) in [6.07, 6.45) is 4.89. The van der Waals surface area contributed by atoms with Crippen LogP contribution in [0.1, 0.15) is 11.3 Å². The molecule has 2 aromatic rings. The molecule has 8 nitrogen and oxygen atoms in total. The normalized spacial score (nSPS) is 15.9. The number of aryl methyl sites for hydroxylation is 1. The molecule has 1 aromatic heterocycles. The third-order valence-electron chi connectivity index (χ3n) is 4.27. The first-order chi connectivity index (χ1) is 12.7. The monoisotopic (exact) mass is 405 g/mol. The van der Waals surface area contributed by atoms with Crippen LogP contribution in [-0.4, -0.2) is 47.4 Å². The first-order valence-corrected chi connectivity index (χ1v) is 10.6. The van der Waals surface area contributed by atoms with E-state index in [1.807, 2.05) is 18.4 Å². The van der Waals surface area contributed by atoms with Gasteiger partial charge in [-0.15, -0.1) is 16.2 Å². The smallest absolute Gasteiger partial charge is 0.320 e. The van der Waals surface area contributed by atoms with Gasteiger partial charge in [0.05, 0.1) is 17.6 Å². The molecule has 1 N–H and O–H groups in total. The van der Waals surface area contributed by atoms with Crippen molar-refractivity contribution in [1.29, 1.82) is 0 Å². The van der Waals surface area contributed by atoms with Gasteiger partial charge in [0.25, 0.3) is 5.91 Å². The number of thioether (sulfide) groups is 1. The van der Waals surface area contributed by atoms with Crippen molar-refractivity contribution < 1.29 is 13.2 Å². The Kier molecular flexibility index (Phi) is 5.11. The van der Waals surface area contributed by atoms with Crippen LogP contribution < -0.4 is 5.32 Å². The van der Waals surface area contributed by atoms with E-state index in [0.29, 0.717) is 11.3 Å². The predicted molar refractivity (Wildman–Crippen MR) is 106 cm³/mol. The van der Waals surface area contributed by atoms with Gasteiger partial charge in [-0.25, -0.2) is 4.31 Å². The minimum atomic E-state index is -4.02. The van der Waals surface area contributed by atoms with E-state index in [1.54, 1.807) is 30.8 Å². The number of likely N-dealkylation sites (N-methyl/N-ethyl adjacent to an activating group) is 1. The second-order valence-electron chi connectivity index (χ2n) is 5.87. The lowest BCUT2D eigenvalue weighted by Gasteiger charge is -2.23. The molecule has 0 saturated heterocycles. The van der Waals surface area contributed by atoms with E-state index >= 15 is 0 Å². The third kappa shape index (κ3) is 3.62. The summed E-state index contributed by atoms with van der Waals surface area (Å²) in [5, 5.41) is 6.89. The Morgan fingerprint density at radius 3 is 2.56 bits per heavy atom. The van der Waals surface area contributed by atoms with Gasteiger partial charge in [-0.2, -0.15) is 13.5 Å². The molecule has 0 atom stereocenters. The van der Waals surface area contributed by atoms with E-state index in [0.717, 1.165) is 14.9 Å². The number of hydrogen-bond donors (Lipinski definition) is 1. The van der Waals surface area contributed by atoms with Crippen LogP contribution >= 0.6 is 11.8 Å². The van der Waals surface area contributed by atoms with Gasteiger partial charge in [0, 0.05) is 30.2 Å². The van der Waals surface area contributed by atoms with Crippen molar-refractivity contribution in [3.63, 3.8) is 0 Å². The van der Waals surface area contributed by atoms with Crippen LogP contribution in [0.15, 0.2) is 51.5 Å². The number of carbonyl (C=O) groups is 1. The fourth-order valence-electron chi connectivity index (χ4n) is 2.58. The third-order valence-corrected chi connectivity index (χ3v) is 6.38. The number of benzene rings is 1. The summed E-state index contributed by atoms with van der Waals surface area (Å²) < 4.78 is 31.2. The Labute approximate surface area is 162 Å². The summed E-state index contributed by atoms with van der Waals surface area (Å²) in [5.74, 6) is -0.531. The second-order valence-corrected chi connectivity index (χ2v) is 8.35. The van der Waals surface area contributed by atoms with E-state index in [1.165, 1.54) is 31.1 Å². The lowest BCUT2D eigenvalue weighted by atomic mass is 10.1. The average Bonchev–Trinajstić information content (AvgIpc) is 2.96. The highest BCUT2D eigenvalue weighted by atomic mass is 32.2. The first kappa shape index (κ1) is 19.2. The molecule has 27 heavy (non-hydrogen) atoms. The SMILES string of the molecule is CSc1ccccc1NC(=O)C1=CC(c2cnn(C)c2C)=NS(=O)(=O)N1C. The maximum absolute atomic E-state index is 12.8. The summed E-state index contributed by atoms with van der Waals surface area (Å²) in [4.78, 5) is 13.7. The molecule has 0 spiro atoms. The number of amides is 1. The van der Waals surface area contributed by atoms with Crippen molar-refractivity contribution in [2.75, 3.05) is 18.6 Å². The molecule has 2 heterocycles. The number of anilines is 1. The summed E-state index contributed by atoms with van der Waals surface area (Å²) in [6, 6.07) is 7.31. The lowest BCUT2D eigenvalue weighted by molar-refractivity contribution is -0.113. The predicted octanol–water partition coefficient (Wildman–Crippen LogP) is 1.95. The Balaban J connectivity index is 2.01. The number of nitrogens with zero attached hydrogens (tertiary/aromatic N) is 4. The summed E-state index contributed by atoms with van der Waals surface area (Å²) >= 11 is 1.49. The van der Waals surface area contributed by atoms with Gasteiger partial charge in [0.1, 0.15) is 5.70 Å². The highest BCUT2D eigenvalue weighted by Crippen LogP contribution is 2.27. The number of carbonyl (C=O) groups excluding carboxylic acids is 1. The molecule has 0 bridgehead atoms. The molecule has 0 aliphatic carbocycles. The number of rotatable bonds is 4. The average molecular weight is 406 g/mol. The van der Waals surface area contributed by atoms with Gasteiger partial charge in [0.2, 0.25) is 0 Å². The zero-order chi connectivity index (χ0) is 19.8. The molecule has 142 valence electrons. The largest absolute Gasteiger partial charge is 0.345 e. The minimum absolute atomic E-state index is 0.0147. The van der Waals surface area contributed by atoms with Crippen molar-refractivity contribution in [3.05, 3.63) is 53.5 Å². The molecule has 0 fully saturated rings. The molecule has 1 amide bonds.